The molecule has 0 aliphatic heterocycles. The lowest BCUT2D eigenvalue weighted by molar-refractivity contribution is -0.692. The number of rotatable bonds is 6. The van der Waals surface area contributed by atoms with E-state index in [0.717, 1.165) is 16.7 Å². The molecule has 0 amide bonds. The predicted molar refractivity (Wildman–Crippen MR) is 101 cm³/mol. The number of hydrogen-bond donors (Lipinski definition) is 0. The second-order valence-electron chi connectivity index (χ2n) is 5.86. The van der Waals surface area contributed by atoms with Gasteiger partial charge in [-0.3, -0.25) is 4.79 Å². The highest BCUT2D eigenvalue weighted by atomic mass is 32.1. The summed E-state index contributed by atoms with van der Waals surface area (Å²) in [6.45, 7) is 10.1. The Labute approximate surface area is 149 Å². The number of aryl methyl sites for hydroxylation is 3. The lowest BCUT2D eigenvalue weighted by atomic mass is 9.99. The number of pyridine rings is 1. The van der Waals surface area contributed by atoms with Crippen molar-refractivity contribution in [2.24, 2.45) is 4.99 Å². The number of Topliss-reactive ketones (excluding diaryl/α,β-unsaturated/α-hetero) is 1. The van der Waals surface area contributed by atoms with E-state index in [-0.39, 0.29) is 5.78 Å². The summed E-state index contributed by atoms with van der Waals surface area (Å²) in [6, 6.07) is 9.00. The van der Waals surface area contributed by atoms with Crippen LogP contribution in [-0.2, 0) is 12.6 Å². The van der Waals surface area contributed by atoms with Gasteiger partial charge in [-0.05, 0) is 49.1 Å². The van der Waals surface area contributed by atoms with Crippen LogP contribution in [0.5, 0.6) is 0 Å². The van der Waals surface area contributed by atoms with Gasteiger partial charge in [0.25, 0.3) is 0 Å². The number of ketones is 1. The van der Waals surface area contributed by atoms with E-state index in [1.54, 1.807) is 6.08 Å². The molecule has 1 aromatic carbocycles. The van der Waals surface area contributed by atoms with Crippen molar-refractivity contribution in [3.05, 3.63) is 77.6 Å². The second kappa shape index (κ2) is 7.97. The Morgan fingerprint density at radius 2 is 2.04 bits per heavy atom. The molecule has 124 valence electrons. The molecule has 0 bridgehead atoms. The van der Waals surface area contributed by atoms with Crippen LogP contribution >= 0.6 is 0 Å². The zero-order valence-corrected chi connectivity index (χ0v) is 15.1. The number of benzene rings is 1. The minimum Gasteiger partial charge on any atom is -0.758 e. The van der Waals surface area contributed by atoms with Crippen LogP contribution in [-0.4, -0.2) is 17.4 Å². The van der Waals surface area contributed by atoms with Crippen LogP contribution in [0.3, 0.4) is 0 Å². The maximum absolute atomic E-state index is 13.1. The van der Waals surface area contributed by atoms with Crippen molar-refractivity contribution < 1.29 is 9.36 Å². The van der Waals surface area contributed by atoms with E-state index in [0.29, 0.717) is 17.2 Å². The Morgan fingerprint density at radius 1 is 1.29 bits per heavy atom. The summed E-state index contributed by atoms with van der Waals surface area (Å²) < 4.78 is 1.84. The van der Waals surface area contributed by atoms with E-state index in [1.807, 2.05) is 68.1 Å². The first-order valence-electron chi connectivity index (χ1n) is 7.85. The molecule has 0 saturated carbocycles. The third kappa shape index (κ3) is 4.15. The Bertz CT molecular complexity index is 796. The summed E-state index contributed by atoms with van der Waals surface area (Å²) in [5.41, 5.74) is 3.95. The zero-order valence-electron chi connectivity index (χ0n) is 14.3. The van der Waals surface area contributed by atoms with Gasteiger partial charge in [-0.2, -0.15) is 4.57 Å². The molecule has 24 heavy (non-hydrogen) atoms. The topological polar surface area (TPSA) is 33.3 Å². The second-order valence-corrected chi connectivity index (χ2v) is 6.28. The third-order valence-electron chi connectivity index (χ3n) is 3.92. The van der Waals surface area contributed by atoms with Crippen LogP contribution in [0.15, 0.2) is 60.4 Å². The maximum atomic E-state index is 13.1. The van der Waals surface area contributed by atoms with Crippen molar-refractivity contribution in [3.8, 4) is 0 Å². The number of carbonyl (C=O) groups is 1. The van der Waals surface area contributed by atoms with Gasteiger partial charge in [0.05, 0.1) is 6.54 Å². The van der Waals surface area contributed by atoms with Crippen molar-refractivity contribution in [2.75, 3.05) is 6.54 Å². The molecule has 2 rings (SSSR count). The van der Waals surface area contributed by atoms with Gasteiger partial charge in [0.15, 0.2) is 12.4 Å². The van der Waals surface area contributed by atoms with Crippen LogP contribution in [0.25, 0.3) is 0 Å². The van der Waals surface area contributed by atoms with Crippen LogP contribution < -0.4 is 4.57 Å². The highest BCUT2D eigenvalue weighted by Gasteiger charge is 2.28. The molecule has 0 aliphatic rings. The molecule has 2 aromatic rings. The summed E-state index contributed by atoms with van der Waals surface area (Å²) >= 11 is 5.44. The Balaban J connectivity index is 2.50. The SMILES string of the molecule is C=CCN=C([S-])[C@H](C(=O)c1ccc(C)c(C)c1)[n+]1cccc(C)c1. The van der Waals surface area contributed by atoms with Gasteiger partial charge in [0, 0.05) is 17.2 Å². The van der Waals surface area contributed by atoms with Crippen LogP contribution in [0, 0.1) is 20.8 Å². The smallest absolute Gasteiger partial charge is 0.237 e. The number of nitrogens with zero attached hydrogens (tertiary/aromatic N) is 2. The molecule has 0 fully saturated rings. The molecule has 0 radical (unpaired) electrons. The molecule has 1 atom stereocenters. The Morgan fingerprint density at radius 3 is 2.67 bits per heavy atom. The van der Waals surface area contributed by atoms with Crippen molar-refractivity contribution in [1.82, 2.24) is 0 Å². The molecule has 0 unspecified atom stereocenters. The number of aromatic nitrogens is 1. The van der Waals surface area contributed by atoms with Crippen molar-refractivity contribution in [1.29, 1.82) is 0 Å². The Hall–Kier alpha value is -2.33. The molecule has 1 heterocycles. The molecule has 0 spiro atoms. The monoisotopic (exact) mass is 338 g/mol. The van der Waals surface area contributed by atoms with Crippen LogP contribution in [0.2, 0.25) is 0 Å². The standard InChI is InChI=1S/C20H22N2OS/c1-5-10-21-20(24)18(22-11-6-7-14(2)13-22)19(23)17-9-8-15(3)16(4)12-17/h5-9,11-13,18H,1,10H2,2-4H3/t18-/m0/s1. The zero-order chi connectivity index (χ0) is 17.7. The van der Waals surface area contributed by atoms with Crippen molar-refractivity contribution in [3.63, 3.8) is 0 Å². The number of carbonyl (C=O) groups excluding carboxylic acids is 1. The summed E-state index contributed by atoms with van der Waals surface area (Å²) in [6.07, 6.45) is 5.44. The predicted octanol–water partition coefficient (Wildman–Crippen LogP) is 3.45. The molecule has 4 heteroatoms. The minimum atomic E-state index is -0.623. The van der Waals surface area contributed by atoms with Gasteiger partial charge in [-0.15, -0.1) is 6.58 Å². The third-order valence-corrected chi connectivity index (χ3v) is 4.27. The molecule has 0 saturated heterocycles. The summed E-state index contributed by atoms with van der Waals surface area (Å²) in [5.74, 6) is -0.0495. The fourth-order valence-corrected chi connectivity index (χ4v) is 2.75. The fraction of sp³-hybridized carbons (Fsp3) is 0.250. The lowest BCUT2D eigenvalue weighted by Crippen LogP contribution is -2.48. The van der Waals surface area contributed by atoms with Gasteiger partial charge in [0.1, 0.15) is 0 Å². The average molecular weight is 338 g/mol. The van der Waals surface area contributed by atoms with Crippen LogP contribution in [0.4, 0.5) is 0 Å². The van der Waals surface area contributed by atoms with Crippen molar-refractivity contribution in [2.45, 2.75) is 26.8 Å². The van der Waals surface area contributed by atoms with Gasteiger partial charge >= 0.3 is 0 Å². The van der Waals surface area contributed by atoms with E-state index in [9.17, 15) is 4.79 Å². The van der Waals surface area contributed by atoms with E-state index < -0.39 is 6.04 Å². The quantitative estimate of drug-likeness (QED) is 0.202. The molecule has 1 aromatic heterocycles. The average Bonchev–Trinajstić information content (AvgIpc) is 2.55. The molecule has 0 aliphatic carbocycles. The van der Waals surface area contributed by atoms with Gasteiger partial charge < -0.3 is 17.6 Å². The van der Waals surface area contributed by atoms with Crippen molar-refractivity contribution >= 4 is 23.5 Å². The van der Waals surface area contributed by atoms with E-state index >= 15 is 0 Å². The van der Waals surface area contributed by atoms with E-state index in [2.05, 4.69) is 11.6 Å². The molecular weight excluding hydrogens is 316 g/mol. The van der Waals surface area contributed by atoms with Gasteiger partial charge in [-0.25, -0.2) is 0 Å². The van der Waals surface area contributed by atoms with E-state index in [1.165, 1.54) is 0 Å². The maximum Gasteiger partial charge on any atom is 0.237 e. The van der Waals surface area contributed by atoms with Gasteiger partial charge in [-0.1, -0.05) is 18.2 Å². The molecular formula is C20H22N2OS. The first-order valence-corrected chi connectivity index (χ1v) is 8.26. The minimum absolute atomic E-state index is 0.0495. The first-order chi connectivity index (χ1) is 11.4. The summed E-state index contributed by atoms with van der Waals surface area (Å²) in [4.78, 5) is 17.4. The lowest BCUT2D eigenvalue weighted by Gasteiger charge is -2.19. The number of hydrogen-bond acceptors (Lipinski definition) is 3. The Kier molecular flexibility index (Phi) is 5.99. The first kappa shape index (κ1) is 18.0. The highest BCUT2D eigenvalue weighted by molar-refractivity contribution is 7.77. The van der Waals surface area contributed by atoms with Gasteiger partial charge in [0.2, 0.25) is 11.8 Å². The molecule has 3 nitrogen and oxygen atoms in total. The summed E-state index contributed by atoms with van der Waals surface area (Å²) in [7, 11) is 0. The highest BCUT2D eigenvalue weighted by Crippen LogP contribution is 2.16. The van der Waals surface area contributed by atoms with Crippen LogP contribution in [0.1, 0.15) is 33.1 Å². The van der Waals surface area contributed by atoms with E-state index in [4.69, 9.17) is 12.6 Å². The molecule has 0 N–H and O–H groups in total. The fourth-order valence-electron chi connectivity index (χ4n) is 2.44. The number of aliphatic imine (C=N–C) groups is 1. The normalized spacial score (nSPS) is 12.7. The summed E-state index contributed by atoms with van der Waals surface area (Å²) in [5, 5.41) is 0.369. The largest absolute Gasteiger partial charge is 0.758 e.